The first-order valence-corrected chi connectivity index (χ1v) is 6.85. The topological polar surface area (TPSA) is 98.2 Å². The predicted molar refractivity (Wildman–Crippen MR) is 74.0 cm³/mol. The zero-order valence-corrected chi connectivity index (χ0v) is 11.5. The lowest BCUT2D eigenvalue weighted by Crippen LogP contribution is -2.31. The van der Waals surface area contributed by atoms with Gasteiger partial charge < -0.3 is 10.6 Å². The Morgan fingerprint density at radius 1 is 1.67 bits per heavy atom. The van der Waals surface area contributed by atoms with Crippen LogP contribution in [0.4, 0.5) is 17.5 Å². The van der Waals surface area contributed by atoms with E-state index in [1.54, 1.807) is 11.8 Å². The average Bonchev–Trinajstić information content (AvgIpc) is 2.34. The third-order valence-corrected chi connectivity index (χ3v) is 3.34. The van der Waals surface area contributed by atoms with Crippen molar-refractivity contribution in [2.24, 2.45) is 0 Å². The van der Waals surface area contributed by atoms with Crippen molar-refractivity contribution in [3.8, 4) is 0 Å². The highest BCUT2D eigenvalue weighted by atomic mass is 32.2. The van der Waals surface area contributed by atoms with Crippen molar-refractivity contribution in [3.63, 3.8) is 0 Å². The Kier molecular flexibility index (Phi) is 5.14. The van der Waals surface area contributed by atoms with Gasteiger partial charge in [0, 0.05) is 13.1 Å². The molecule has 2 N–H and O–H groups in total. The molecule has 0 fully saturated rings. The summed E-state index contributed by atoms with van der Waals surface area (Å²) in [6.45, 7) is 2.05. The summed E-state index contributed by atoms with van der Waals surface area (Å²) in [6, 6.07) is 0.248. The maximum Gasteiger partial charge on any atom is 0.329 e. The average molecular weight is 271 g/mol. The van der Waals surface area contributed by atoms with Gasteiger partial charge >= 0.3 is 5.69 Å². The highest BCUT2D eigenvalue weighted by Gasteiger charge is 2.18. The van der Waals surface area contributed by atoms with Crippen molar-refractivity contribution in [1.82, 2.24) is 9.97 Å². The Hall–Kier alpha value is -1.57. The fourth-order valence-corrected chi connectivity index (χ4v) is 1.95. The van der Waals surface area contributed by atoms with Gasteiger partial charge in [-0.05, 0) is 25.4 Å². The van der Waals surface area contributed by atoms with E-state index in [9.17, 15) is 10.1 Å². The molecule has 18 heavy (non-hydrogen) atoms. The van der Waals surface area contributed by atoms with Gasteiger partial charge in [-0.15, -0.1) is 0 Å². The van der Waals surface area contributed by atoms with Crippen molar-refractivity contribution in [1.29, 1.82) is 0 Å². The van der Waals surface area contributed by atoms with Gasteiger partial charge in [0.15, 0.2) is 0 Å². The van der Waals surface area contributed by atoms with Crippen LogP contribution >= 0.6 is 11.8 Å². The van der Waals surface area contributed by atoms with Crippen LogP contribution in [0.25, 0.3) is 0 Å². The molecule has 0 radical (unpaired) electrons. The fourth-order valence-electron chi connectivity index (χ4n) is 1.37. The summed E-state index contributed by atoms with van der Waals surface area (Å²) in [5, 5.41) is 10.6. The molecule has 100 valence electrons. The van der Waals surface area contributed by atoms with Crippen LogP contribution in [-0.4, -0.2) is 40.0 Å². The van der Waals surface area contributed by atoms with Crippen molar-refractivity contribution >= 4 is 29.2 Å². The molecule has 1 aromatic heterocycles. The number of aromatic nitrogens is 2. The predicted octanol–water partition coefficient (Wildman–Crippen LogP) is 1.54. The number of hydrogen-bond donors (Lipinski definition) is 1. The van der Waals surface area contributed by atoms with Gasteiger partial charge in [0.25, 0.3) is 0 Å². The van der Waals surface area contributed by atoms with Crippen LogP contribution in [0.5, 0.6) is 0 Å². The summed E-state index contributed by atoms with van der Waals surface area (Å²) in [4.78, 5) is 19.8. The second-order valence-corrected chi connectivity index (χ2v) is 4.92. The summed E-state index contributed by atoms with van der Waals surface area (Å²) < 4.78 is 0. The SMILES string of the molecule is CSCC[C@H](C)N(C)c1ncc([N+](=O)[O-])c(N)n1. The van der Waals surface area contributed by atoms with E-state index in [-0.39, 0.29) is 17.5 Å². The molecule has 0 aliphatic heterocycles. The van der Waals surface area contributed by atoms with Gasteiger partial charge in [-0.3, -0.25) is 10.1 Å². The van der Waals surface area contributed by atoms with Gasteiger partial charge in [-0.25, -0.2) is 4.98 Å². The molecule has 0 spiro atoms. The van der Waals surface area contributed by atoms with E-state index in [0.717, 1.165) is 18.4 Å². The molecule has 0 unspecified atom stereocenters. The van der Waals surface area contributed by atoms with E-state index in [2.05, 4.69) is 16.9 Å². The summed E-state index contributed by atoms with van der Waals surface area (Å²) in [5.41, 5.74) is 5.28. The molecule has 1 aromatic rings. The quantitative estimate of drug-likeness (QED) is 0.619. The lowest BCUT2D eigenvalue weighted by atomic mass is 10.2. The first-order chi connectivity index (χ1) is 8.47. The molecule has 0 saturated carbocycles. The smallest absolute Gasteiger partial charge is 0.329 e. The van der Waals surface area contributed by atoms with E-state index in [1.165, 1.54) is 0 Å². The minimum Gasteiger partial charge on any atom is -0.378 e. The van der Waals surface area contributed by atoms with E-state index >= 15 is 0 Å². The molecule has 7 nitrogen and oxygen atoms in total. The molecule has 0 aromatic carbocycles. The Morgan fingerprint density at radius 2 is 2.33 bits per heavy atom. The van der Waals surface area contributed by atoms with E-state index in [4.69, 9.17) is 5.73 Å². The Bertz CT molecular complexity index is 429. The van der Waals surface area contributed by atoms with Crippen LogP contribution in [0.3, 0.4) is 0 Å². The molecule has 1 atom stereocenters. The minimum atomic E-state index is -0.587. The summed E-state index contributed by atoms with van der Waals surface area (Å²) in [6.07, 6.45) is 4.18. The fraction of sp³-hybridized carbons (Fsp3) is 0.600. The lowest BCUT2D eigenvalue weighted by Gasteiger charge is -2.24. The number of nitrogens with zero attached hydrogens (tertiary/aromatic N) is 4. The number of nitrogens with two attached hydrogens (primary N) is 1. The first-order valence-electron chi connectivity index (χ1n) is 5.46. The van der Waals surface area contributed by atoms with Gasteiger partial charge in [0.2, 0.25) is 11.8 Å². The molecule has 0 bridgehead atoms. The number of nitrogen functional groups attached to an aromatic ring is 1. The maximum atomic E-state index is 10.6. The number of nitro groups is 1. The largest absolute Gasteiger partial charge is 0.378 e. The Balaban J connectivity index is 2.83. The van der Waals surface area contributed by atoms with Crippen LogP contribution in [-0.2, 0) is 0 Å². The Morgan fingerprint density at radius 3 is 2.83 bits per heavy atom. The van der Waals surface area contributed by atoms with Crippen LogP contribution in [0.15, 0.2) is 6.20 Å². The monoisotopic (exact) mass is 271 g/mol. The lowest BCUT2D eigenvalue weighted by molar-refractivity contribution is -0.384. The number of rotatable bonds is 6. The molecule has 0 amide bonds. The van der Waals surface area contributed by atoms with Gasteiger partial charge in [0.1, 0.15) is 6.20 Å². The molecule has 1 rings (SSSR count). The van der Waals surface area contributed by atoms with E-state index < -0.39 is 4.92 Å². The summed E-state index contributed by atoms with van der Waals surface area (Å²) >= 11 is 1.77. The number of thioether (sulfide) groups is 1. The van der Waals surface area contributed by atoms with Crippen molar-refractivity contribution in [2.45, 2.75) is 19.4 Å². The van der Waals surface area contributed by atoms with Crippen molar-refractivity contribution in [3.05, 3.63) is 16.3 Å². The summed E-state index contributed by atoms with van der Waals surface area (Å²) in [7, 11) is 1.85. The van der Waals surface area contributed by atoms with Gasteiger partial charge in [-0.1, -0.05) is 0 Å². The normalized spacial score (nSPS) is 12.2. The molecule has 0 aliphatic rings. The van der Waals surface area contributed by atoms with Crippen LogP contribution < -0.4 is 10.6 Å². The van der Waals surface area contributed by atoms with Crippen LogP contribution in [0, 0.1) is 10.1 Å². The van der Waals surface area contributed by atoms with Crippen molar-refractivity contribution in [2.75, 3.05) is 29.7 Å². The molecule has 0 aliphatic carbocycles. The third kappa shape index (κ3) is 3.46. The second-order valence-electron chi connectivity index (χ2n) is 3.94. The Labute approximate surface area is 110 Å². The number of hydrogen-bond acceptors (Lipinski definition) is 7. The van der Waals surface area contributed by atoms with Crippen LogP contribution in [0.2, 0.25) is 0 Å². The highest BCUT2D eigenvalue weighted by molar-refractivity contribution is 7.98. The molecule has 1 heterocycles. The standard InChI is InChI=1S/C10H17N5O2S/c1-7(4-5-18-3)14(2)10-12-6-8(15(16)17)9(11)13-10/h6-7H,4-5H2,1-3H3,(H2,11,12,13)/t7-/m0/s1. The molecular weight excluding hydrogens is 254 g/mol. The third-order valence-electron chi connectivity index (χ3n) is 2.70. The summed E-state index contributed by atoms with van der Waals surface area (Å²) in [5.74, 6) is 1.34. The number of anilines is 2. The molecular formula is C10H17N5O2S. The maximum absolute atomic E-state index is 10.6. The zero-order chi connectivity index (χ0) is 13.7. The minimum absolute atomic E-state index is 0.103. The highest BCUT2D eigenvalue weighted by Crippen LogP contribution is 2.21. The van der Waals surface area contributed by atoms with Crippen LogP contribution in [0.1, 0.15) is 13.3 Å². The zero-order valence-electron chi connectivity index (χ0n) is 10.7. The van der Waals surface area contributed by atoms with E-state index in [1.807, 2.05) is 18.2 Å². The van der Waals surface area contributed by atoms with E-state index in [0.29, 0.717) is 5.95 Å². The van der Waals surface area contributed by atoms with Gasteiger partial charge in [-0.2, -0.15) is 16.7 Å². The molecule has 8 heteroatoms. The second kappa shape index (κ2) is 6.39. The first kappa shape index (κ1) is 14.5. The van der Waals surface area contributed by atoms with Gasteiger partial charge in [0.05, 0.1) is 4.92 Å². The van der Waals surface area contributed by atoms with Crippen molar-refractivity contribution < 1.29 is 4.92 Å². The molecule has 0 saturated heterocycles.